The Morgan fingerprint density at radius 3 is 2.77 bits per heavy atom. The van der Waals surface area contributed by atoms with Crippen LogP contribution in [0.15, 0.2) is 41.8 Å². The molecule has 22 heavy (non-hydrogen) atoms. The molecular formula is C17H20N2O2S. The minimum Gasteiger partial charge on any atom is -0.391 e. The maximum Gasteiger partial charge on any atom is 0.244 e. The molecule has 0 fully saturated rings. The van der Waals surface area contributed by atoms with Crippen LogP contribution in [0.2, 0.25) is 0 Å². The van der Waals surface area contributed by atoms with Crippen LogP contribution in [0.4, 0.5) is 0 Å². The van der Waals surface area contributed by atoms with Crippen LogP contribution in [0, 0.1) is 6.92 Å². The van der Waals surface area contributed by atoms with Gasteiger partial charge >= 0.3 is 0 Å². The smallest absolute Gasteiger partial charge is 0.244 e. The van der Waals surface area contributed by atoms with Gasteiger partial charge in [0.1, 0.15) is 0 Å². The summed E-state index contributed by atoms with van der Waals surface area (Å²) in [6.07, 6.45) is 3.01. The van der Waals surface area contributed by atoms with E-state index in [1.54, 1.807) is 24.3 Å². The number of nitrogens with one attached hydrogen (secondary N) is 1. The lowest BCUT2D eigenvalue weighted by Crippen LogP contribution is -2.41. The highest BCUT2D eigenvalue weighted by atomic mass is 32.1. The second-order valence-electron chi connectivity index (χ2n) is 5.18. The number of aliphatic hydroxyl groups excluding tert-OH is 1. The number of aliphatic hydroxyl groups is 1. The molecule has 0 saturated carbocycles. The Morgan fingerprint density at radius 1 is 1.41 bits per heavy atom. The van der Waals surface area contributed by atoms with Crippen molar-refractivity contribution in [2.45, 2.75) is 32.4 Å². The average molecular weight is 316 g/mol. The van der Waals surface area contributed by atoms with Gasteiger partial charge in [0, 0.05) is 17.9 Å². The molecular weight excluding hydrogens is 296 g/mol. The van der Waals surface area contributed by atoms with Crippen LogP contribution in [0.3, 0.4) is 0 Å². The number of carbonyl (C=O) groups is 1. The Labute approximate surface area is 134 Å². The Balaban J connectivity index is 1.84. The van der Waals surface area contributed by atoms with Crippen molar-refractivity contribution >= 4 is 23.3 Å². The van der Waals surface area contributed by atoms with Crippen molar-refractivity contribution in [2.75, 3.05) is 0 Å². The first kappa shape index (κ1) is 16.4. The zero-order chi connectivity index (χ0) is 15.9. The molecule has 0 saturated heterocycles. The molecule has 2 N–H and O–H groups in total. The first-order valence-electron chi connectivity index (χ1n) is 7.17. The third-order valence-electron chi connectivity index (χ3n) is 3.28. The topological polar surface area (TPSA) is 62.2 Å². The molecule has 0 radical (unpaired) electrons. The number of hydrogen-bond acceptors (Lipinski definition) is 4. The van der Waals surface area contributed by atoms with Gasteiger partial charge in [0.2, 0.25) is 5.91 Å². The van der Waals surface area contributed by atoms with Crippen molar-refractivity contribution in [3.63, 3.8) is 0 Å². The first-order valence-corrected chi connectivity index (χ1v) is 8.05. The minimum atomic E-state index is -0.624. The van der Waals surface area contributed by atoms with Crippen LogP contribution in [0.25, 0.3) is 6.08 Å². The van der Waals surface area contributed by atoms with Crippen LogP contribution < -0.4 is 5.32 Å². The molecule has 0 aliphatic heterocycles. The largest absolute Gasteiger partial charge is 0.391 e. The summed E-state index contributed by atoms with van der Waals surface area (Å²) < 4.78 is 0. The summed E-state index contributed by atoms with van der Waals surface area (Å²) in [6.45, 7) is 3.72. The summed E-state index contributed by atoms with van der Waals surface area (Å²) in [7, 11) is 0. The van der Waals surface area contributed by atoms with E-state index in [-0.39, 0.29) is 11.9 Å². The molecule has 2 rings (SSSR count). The van der Waals surface area contributed by atoms with E-state index >= 15 is 0 Å². The van der Waals surface area contributed by atoms with E-state index < -0.39 is 6.10 Å². The number of thiazole rings is 1. The summed E-state index contributed by atoms with van der Waals surface area (Å²) in [5.41, 5.74) is 1.82. The number of hydrogen-bond donors (Lipinski definition) is 2. The summed E-state index contributed by atoms with van der Waals surface area (Å²) in [4.78, 5) is 16.1. The maximum atomic E-state index is 11.9. The number of benzene rings is 1. The predicted octanol–water partition coefficient (Wildman–Crippen LogP) is 2.57. The van der Waals surface area contributed by atoms with Gasteiger partial charge in [0.15, 0.2) is 0 Å². The lowest BCUT2D eigenvalue weighted by Gasteiger charge is -2.19. The third-order valence-corrected chi connectivity index (χ3v) is 4.07. The van der Waals surface area contributed by atoms with Crippen LogP contribution in [0.1, 0.15) is 23.2 Å². The molecule has 0 aliphatic carbocycles. The van der Waals surface area contributed by atoms with Gasteiger partial charge in [-0.2, -0.15) is 0 Å². The van der Waals surface area contributed by atoms with Gasteiger partial charge in [-0.25, -0.2) is 4.98 Å². The van der Waals surface area contributed by atoms with Gasteiger partial charge in [0.05, 0.1) is 22.8 Å². The number of aryl methyl sites for hydroxylation is 1. The van der Waals surface area contributed by atoms with Crippen LogP contribution in [-0.4, -0.2) is 28.1 Å². The first-order chi connectivity index (χ1) is 10.5. The van der Waals surface area contributed by atoms with Gasteiger partial charge < -0.3 is 10.4 Å². The van der Waals surface area contributed by atoms with Crippen molar-refractivity contribution in [1.82, 2.24) is 10.3 Å². The zero-order valence-electron chi connectivity index (χ0n) is 12.7. The fourth-order valence-electron chi connectivity index (χ4n) is 2.02. The molecule has 2 atom stereocenters. The number of amides is 1. The molecule has 5 heteroatoms. The molecule has 4 nitrogen and oxygen atoms in total. The maximum absolute atomic E-state index is 11.9. The Kier molecular flexibility index (Phi) is 5.86. The van der Waals surface area contributed by atoms with E-state index in [1.165, 1.54) is 6.08 Å². The number of nitrogens with zero attached hydrogens (tertiary/aromatic N) is 1. The fraction of sp³-hybridized carbons (Fsp3) is 0.294. The van der Waals surface area contributed by atoms with Gasteiger partial charge in [0.25, 0.3) is 0 Å². The normalized spacial score (nSPS) is 14.0. The number of carbonyl (C=O) groups excluding carboxylic acids is 1. The van der Waals surface area contributed by atoms with E-state index in [0.717, 1.165) is 16.3 Å². The Morgan fingerprint density at radius 2 is 2.14 bits per heavy atom. The molecule has 0 aliphatic rings. The van der Waals surface area contributed by atoms with Gasteiger partial charge in [-0.3, -0.25) is 4.79 Å². The molecule has 1 aromatic carbocycles. The van der Waals surface area contributed by atoms with Crippen molar-refractivity contribution in [3.8, 4) is 0 Å². The second kappa shape index (κ2) is 7.87. The summed E-state index contributed by atoms with van der Waals surface area (Å²) in [5.74, 6) is -0.231. The Bertz CT molecular complexity index is 637. The summed E-state index contributed by atoms with van der Waals surface area (Å²) in [5, 5.41) is 15.8. The second-order valence-corrected chi connectivity index (χ2v) is 6.24. The fourth-order valence-corrected chi connectivity index (χ4v) is 2.60. The Hall–Kier alpha value is -1.98. The molecule has 2 aromatic rings. The molecule has 1 aromatic heterocycles. The quantitative estimate of drug-likeness (QED) is 0.805. The van der Waals surface area contributed by atoms with E-state index in [1.807, 2.05) is 42.6 Å². The van der Waals surface area contributed by atoms with Crippen LogP contribution >= 0.6 is 11.3 Å². The molecule has 0 spiro atoms. The van der Waals surface area contributed by atoms with Gasteiger partial charge in [-0.05, 0) is 25.5 Å². The van der Waals surface area contributed by atoms with Crippen molar-refractivity contribution in [2.24, 2.45) is 0 Å². The monoisotopic (exact) mass is 316 g/mol. The third kappa shape index (κ3) is 5.09. The van der Waals surface area contributed by atoms with Crippen LogP contribution in [-0.2, 0) is 11.2 Å². The van der Waals surface area contributed by atoms with Gasteiger partial charge in [-0.15, -0.1) is 11.3 Å². The van der Waals surface area contributed by atoms with E-state index in [9.17, 15) is 9.90 Å². The highest BCUT2D eigenvalue weighted by Crippen LogP contribution is 2.09. The molecule has 2 unspecified atom stereocenters. The lowest BCUT2D eigenvalue weighted by molar-refractivity contribution is -0.117. The van der Waals surface area contributed by atoms with Crippen molar-refractivity contribution < 1.29 is 9.90 Å². The zero-order valence-corrected chi connectivity index (χ0v) is 13.5. The number of rotatable bonds is 6. The molecule has 116 valence electrons. The molecule has 1 heterocycles. The van der Waals surface area contributed by atoms with Crippen molar-refractivity contribution in [3.05, 3.63) is 58.1 Å². The van der Waals surface area contributed by atoms with Gasteiger partial charge in [-0.1, -0.05) is 30.3 Å². The summed E-state index contributed by atoms with van der Waals surface area (Å²) in [6, 6.07) is 9.40. The SMILES string of the molecule is Cc1nc(/C=C/C(=O)NC(C)C(O)Cc2ccccc2)cs1. The predicted molar refractivity (Wildman–Crippen MR) is 89.6 cm³/mol. The van der Waals surface area contributed by atoms with Crippen molar-refractivity contribution in [1.29, 1.82) is 0 Å². The van der Waals surface area contributed by atoms with E-state index in [2.05, 4.69) is 10.3 Å². The van der Waals surface area contributed by atoms with Crippen LogP contribution in [0.5, 0.6) is 0 Å². The standard InChI is InChI=1S/C17H20N2O2S/c1-12(16(20)10-14-6-4-3-5-7-14)18-17(21)9-8-15-11-22-13(2)19-15/h3-9,11-12,16,20H,10H2,1-2H3,(H,18,21)/b9-8+. The highest BCUT2D eigenvalue weighted by Gasteiger charge is 2.15. The molecule has 1 amide bonds. The summed E-state index contributed by atoms with van der Waals surface area (Å²) >= 11 is 1.54. The minimum absolute atomic E-state index is 0.231. The lowest BCUT2D eigenvalue weighted by atomic mass is 10.0. The van der Waals surface area contributed by atoms with E-state index in [4.69, 9.17) is 0 Å². The number of aromatic nitrogens is 1. The average Bonchev–Trinajstić information content (AvgIpc) is 2.92. The van der Waals surface area contributed by atoms with E-state index in [0.29, 0.717) is 6.42 Å². The molecule has 0 bridgehead atoms. The highest BCUT2D eigenvalue weighted by molar-refractivity contribution is 7.09.